The van der Waals surface area contributed by atoms with Crippen molar-refractivity contribution in [2.24, 2.45) is 0 Å². The molecule has 1 aliphatic rings. The van der Waals surface area contributed by atoms with E-state index in [2.05, 4.69) is 50.5 Å². The Hall–Kier alpha value is -4.73. The van der Waals surface area contributed by atoms with Crippen molar-refractivity contribution in [1.29, 1.82) is 0 Å². The van der Waals surface area contributed by atoms with Crippen LogP contribution in [-0.4, -0.2) is 29.8 Å². The van der Waals surface area contributed by atoms with Gasteiger partial charge in [0.2, 0.25) is 0 Å². The molecule has 212 valence electrons. The second kappa shape index (κ2) is 12.8. The molecule has 9 nitrogen and oxygen atoms in total. The minimum Gasteiger partial charge on any atom is -0.341 e. The Balaban J connectivity index is 1.18. The molecule has 0 saturated carbocycles. The number of imidazole rings is 1. The number of nitro groups is 1. The summed E-state index contributed by atoms with van der Waals surface area (Å²) < 4.78 is 0. The molecule has 3 aromatic heterocycles. The van der Waals surface area contributed by atoms with E-state index in [0.29, 0.717) is 6.54 Å². The zero-order valence-corrected chi connectivity index (χ0v) is 23.3. The maximum atomic E-state index is 11.1. The van der Waals surface area contributed by atoms with E-state index in [1.165, 1.54) is 28.8 Å². The smallest absolute Gasteiger partial charge is 0.269 e. The molecule has 42 heavy (non-hydrogen) atoms. The van der Waals surface area contributed by atoms with Gasteiger partial charge in [-0.2, -0.15) is 0 Å². The summed E-state index contributed by atoms with van der Waals surface area (Å²) in [6.07, 6.45) is 8.72. The van der Waals surface area contributed by atoms with Gasteiger partial charge in [0, 0.05) is 49.7 Å². The van der Waals surface area contributed by atoms with E-state index in [1.807, 2.05) is 36.7 Å². The Bertz CT molecular complexity index is 1620. The molecule has 5 aromatic rings. The molecule has 1 aliphatic carbocycles. The van der Waals surface area contributed by atoms with Crippen LogP contribution in [0.2, 0.25) is 0 Å². The first-order valence-electron chi connectivity index (χ1n) is 14.3. The van der Waals surface area contributed by atoms with E-state index >= 15 is 0 Å². The lowest BCUT2D eigenvalue weighted by molar-refractivity contribution is -0.384. The van der Waals surface area contributed by atoms with E-state index in [9.17, 15) is 10.1 Å². The van der Waals surface area contributed by atoms with Gasteiger partial charge in [0.05, 0.1) is 40.8 Å². The monoisotopic (exact) mass is 559 g/mol. The summed E-state index contributed by atoms with van der Waals surface area (Å²) in [6, 6.07) is 25.7. The molecule has 3 heterocycles. The number of nitro benzene ring substituents is 1. The van der Waals surface area contributed by atoms with Crippen LogP contribution in [0.1, 0.15) is 52.8 Å². The molecule has 1 unspecified atom stereocenters. The van der Waals surface area contributed by atoms with Crippen LogP contribution in [0.15, 0.2) is 97.5 Å². The largest absolute Gasteiger partial charge is 0.341 e. The fraction of sp³-hybridized carbons (Fsp3) is 0.242. The number of pyridine rings is 2. The number of nitrogens with one attached hydrogen (secondary N) is 2. The van der Waals surface area contributed by atoms with Crippen molar-refractivity contribution in [3.63, 3.8) is 0 Å². The Morgan fingerprint density at radius 2 is 1.69 bits per heavy atom. The number of benzene rings is 2. The minimum atomic E-state index is -0.388. The number of fused-ring (bicyclic) bond motifs is 1. The first-order chi connectivity index (χ1) is 20.6. The minimum absolute atomic E-state index is 0.0723. The normalized spacial score (nSPS) is 14.5. The maximum absolute atomic E-state index is 11.1. The third kappa shape index (κ3) is 6.59. The summed E-state index contributed by atoms with van der Waals surface area (Å²) in [4.78, 5) is 30.4. The molecule has 1 atom stereocenters. The van der Waals surface area contributed by atoms with Crippen LogP contribution in [0.3, 0.4) is 0 Å². The molecule has 0 spiro atoms. The van der Waals surface area contributed by atoms with Gasteiger partial charge in [-0.25, -0.2) is 4.98 Å². The Morgan fingerprint density at radius 1 is 0.881 bits per heavy atom. The van der Waals surface area contributed by atoms with E-state index in [-0.39, 0.29) is 16.7 Å². The predicted molar refractivity (Wildman–Crippen MR) is 161 cm³/mol. The van der Waals surface area contributed by atoms with Gasteiger partial charge < -0.3 is 10.3 Å². The molecule has 2 aromatic carbocycles. The quantitative estimate of drug-likeness (QED) is 0.148. The van der Waals surface area contributed by atoms with E-state index in [4.69, 9.17) is 9.97 Å². The summed E-state index contributed by atoms with van der Waals surface area (Å²) in [5.74, 6) is 0.849. The van der Waals surface area contributed by atoms with Crippen LogP contribution in [0, 0.1) is 10.1 Å². The van der Waals surface area contributed by atoms with Crippen molar-refractivity contribution in [3.05, 3.63) is 141 Å². The second-order valence-electron chi connectivity index (χ2n) is 10.6. The van der Waals surface area contributed by atoms with E-state index < -0.39 is 0 Å². The highest BCUT2D eigenvalue weighted by atomic mass is 16.6. The summed E-state index contributed by atoms with van der Waals surface area (Å²) >= 11 is 0. The van der Waals surface area contributed by atoms with Crippen molar-refractivity contribution >= 4 is 5.69 Å². The molecular weight excluding hydrogens is 526 g/mol. The van der Waals surface area contributed by atoms with Crippen LogP contribution >= 0.6 is 0 Å². The van der Waals surface area contributed by atoms with Crippen LogP contribution in [-0.2, 0) is 32.6 Å². The highest BCUT2D eigenvalue weighted by Gasteiger charge is 2.28. The van der Waals surface area contributed by atoms with E-state index in [1.54, 1.807) is 18.3 Å². The topological polar surface area (TPSA) is 113 Å². The molecule has 0 radical (unpaired) electrons. The zero-order chi connectivity index (χ0) is 28.7. The first-order valence-corrected chi connectivity index (χ1v) is 14.3. The average molecular weight is 560 g/mol. The summed E-state index contributed by atoms with van der Waals surface area (Å²) in [5.41, 5.74) is 7.73. The van der Waals surface area contributed by atoms with Gasteiger partial charge in [0.1, 0.15) is 5.82 Å². The van der Waals surface area contributed by atoms with Gasteiger partial charge in [-0.1, -0.05) is 36.4 Å². The molecular formula is C33H33N7O2. The lowest BCUT2D eigenvalue weighted by Crippen LogP contribution is -2.31. The number of H-pyrrole nitrogens is 1. The third-order valence-corrected chi connectivity index (χ3v) is 7.75. The molecule has 0 aliphatic heterocycles. The standard InChI is InChI=1S/C33H33N7O2/c41-40(42)29-15-13-26(14-16-29)30-21-37-32(38-30)23-39(31-8-3-5-27-6-4-18-36-33(27)31)22-25-11-9-24(10-12-25)19-34-20-28-7-1-2-17-35-28/h1-2,4,6-7,9-18,21,31,34H,3,5,8,19-20,22-23H2,(H,37,38). The van der Waals surface area contributed by atoms with Crippen LogP contribution in [0.4, 0.5) is 5.69 Å². The fourth-order valence-electron chi connectivity index (χ4n) is 5.60. The van der Waals surface area contributed by atoms with Gasteiger partial charge >= 0.3 is 0 Å². The Labute approximate surface area is 244 Å². The lowest BCUT2D eigenvalue weighted by Gasteiger charge is -2.34. The van der Waals surface area contributed by atoms with Gasteiger partial charge in [0.15, 0.2) is 0 Å². The van der Waals surface area contributed by atoms with Gasteiger partial charge in [-0.05, 0) is 66.3 Å². The maximum Gasteiger partial charge on any atom is 0.269 e. The number of aromatic amines is 1. The highest BCUT2D eigenvalue weighted by molar-refractivity contribution is 5.60. The van der Waals surface area contributed by atoms with Gasteiger partial charge in [-0.15, -0.1) is 0 Å². The van der Waals surface area contributed by atoms with Gasteiger partial charge in [-0.3, -0.25) is 25.0 Å². The lowest BCUT2D eigenvalue weighted by atomic mass is 9.90. The van der Waals surface area contributed by atoms with Crippen molar-refractivity contribution in [1.82, 2.24) is 30.2 Å². The Morgan fingerprint density at radius 3 is 2.48 bits per heavy atom. The molecule has 0 amide bonds. The first kappa shape index (κ1) is 27.4. The summed E-state index contributed by atoms with van der Waals surface area (Å²) in [7, 11) is 0. The number of nitrogens with zero attached hydrogens (tertiary/aromatic N) is 5. The number of non-ortho nitro benzene ring substituents is 1. The second-order valence-corrected chi connectivity index (χ2v) is 10.6. The summed E-state index contributed by atoms with van der Waals surface area (Å²) in [5, 5.41) is 14.5. The third-order valence-electron chi connectivity index (χ3n) is 7.75. The number of aryl methyl sites for hydroxylation is 1. The van der Waals surface area contributed by atoms with Crippen molar-refractivity contribution in [2.75, 3.05) is 0 Å². The summed E-state index contributed by atoms with van der Waals surface area (Å²) in [6.45, 7) is 2.89. The van der Waals surface area contributed by atoms with Gasteiger partial charge in [0.25, 0.3) is 5.69 Å². The van der Waals surface area contributed by atoms with Crippen molar-refractivity contribution in [2.45, 2.75) is 51.5 Å². The molecule has 6 rings (SSSR count). The fourth-order valence-corrected chi connectivity index (χ4v) is 5.60. The Kier molecular flexibility index (Phi) is 8.39. The molecule has 0 fully saturated rings. The van der Waals surface area contributed by atoms with Crippen molar-refractivity contribution in [3.8, 4) is 11.3 Å². The predicted octanol–water partition coefficient (Wildman–Crippen LogP) is 6.14. The van der Waals surface area contributed by atoms with Crippen molar-refractivity contribution < 1.29 is 4.92 Å². The highest BCUT2D eigenvalue weighted by Crippen LogP contribution is 2.35. The number of aromatic nitrogens is 4. The number of rotatable bonds is 11. The molecule has 0 bridgehead atoms. The van der Waals surface area contributed by atoms with Crippen LogP contribution < -0.4 is 5.32 Å². The van der Waals surface area contributed by atoms with E-state index in [0.717, 1.165) is 67.4 Å². The SMILES string of the molecule is O=[N+]([O-])c1ccc(-c2cnc(CN(Cc3ccc(CNCc4ccccn4)cc3)C3CCCc4cccnc43)[nH]2)cc1. The average Bonchev–Trinajstić information content (AvgIpc) is 3.50. The van der Waals surface area contributed by atoms with Crippen LogP contribution in [0.25, 0.3) is 11.3 Å². The number of hydrogen-bond donors (Lipinski definition) is 2. The number of hydrogen-bond acceptors (Lipinski definition) is 7. The molecule has 9 heteroatoms. The zero-order valence-electron chi connectivity index (χ0n) is 23.3. The molecule has 0 saturated heterocycles. The van der Waals surface area contributed by atoms with Crippen LogP contribution in [0.5, 0.6) is 0 Å². The molecule has 2 N–H and O–H groups in total.